The van der Waals surface area contributed by atoms with E-state index in [9.17, 15) is 14.4 Å². The van der Waals surface area contributed by atoms with Crippen LogP contribution in [0.1, 0.15) is 38.1 Å². The number of carbonyl (C=O) groups is 3. The molecule has 0 bridgehead atoms. The van der Waals surface area contributed by atoms with Crippen molar-refractivity contribution >= 4 is 23.4 Å². The Labute approximate surface area is 123 Å². The van der Waals surface area contributed by atoms with Gasteiger partial charge in [0.2, 0.25) is 11.8 Å². The van der Waals surface area contributed by atoms with Gasteiger partial charge in [0.15, 0.2) is 0 Å². The molecule has 21 heavy (non-hydrogen) atoms. The SMILES string of the molecule is CC1(C)NC(=O)c2ccccc2NC(=O)C(C)(C)NC1=O. The van der Waals surface area contributed by atoms with Crippen molar-refractivity contribution in [2.45, 2.75) is 38.8 Å². The van der Waals surface area contributed by atoms with Gasteiger partial charge in [-0.1, -0.05) is 12.1 Å². The Morgan fingerprint density at radius 2 is 1.38 bits per heavy atom. The Morgan fingerprint density at radius 3 is 2.05 bits per heavy atom. The van der Waals surface area contributed by atoms with Gasteiger partial charge < -0.3 is 16.0 Å². The van der Waals surface area contributed by atoms with Crippen LogP contribution < -0.4 is 16.0 Å². The smallest absolute Gasteiger partial charge is 0.254 e. The van der Waals surface area contributed by atoms with Crippen molar-refractivity contribution in [1.29, 1.82) is 0 Å². The second-order valence-corrected chi connectivity index (χ2v) is 6.16. The number of nitrogens with one attached hydrogen (secondary N) is 3. The van der Waals surface area contributed by atoms with E-state index in [4.69, 9.17) is 0 Å². The van der Waals surface area contributed by atoms with Crippen LogP contribution in [0.25, 0.3) is 0 Å². The van der Waals surface area contributed by atoms with Crippen LogP contribution in [0.2, 0.25) is 0 Å². The molecule has 1 heterocycles. The van der Waals surface area contributed by atoms with Crippen LogP contribution in [0.15, 0.2) is 24.3 Å². The van der Waals surface area contributed by atoms with Gasteiger partial charge in [0, 0.05) is 0 Å². The minimum atomic E-state index is -1.13. The predicted molar refractivity (Wildman–Crippen MR) is 78.8 cm³/mol. The van der Waals surface area contributed by atoms with E-state index in [0.29, 0.717) is 11.3 Å². The molecule has 3 amide bonds. The summed E-state index contributed by atoms with van der Waals surface area (Å²) in [7, 11) is 0. The third-order valence-electron chi connectivity index (χ3n) is 3.41. The molecule has 1 aliphatic heterocycles. The Bertz CT molecular complexity index is 620. The Morgan fingerprint density at radius 1 is 0.810 bits per heavy atom. The van der Waals surface area contributed by atoms with E-state index in [-0.39, 0.29) is 5.91 Å². The van der Waals surface area contributed by atoms with E-state index < -0.39 is 22.9 Å². The molecule has 0 spiro atoms. The van der Waals surface area contributed by atoms with Crippen LogP contribution in [-0.4, -0.2) is 28.8 Å². The number of anilines is 1. The molecule has 0 fully saturated rings. The molecule has 0 unspecified atom stereocenters. The molecule has 1 aromatic carbocycles. The Kier molecular flexibility index (Phi) is 3.49. The molecule has 2 rings (SSSR count). The van der Waals surface area contributed by atoms with Crippen LogP contribution in [0.4, 0.5) is 5.69 Å². The molecule has 112 valence electrons. The molecule has 0 saturated heterocycles. The lowest BCUT2D eigenvalue weighted by molar-refractivity contribution is -0.132. The highest BCUT2D eigenvalue weighted by Gasteiger charge is 2.38. The van der Waals surface area contributed by atoms with Gasteiger partial charge in [0.05, 0.1) is 11.3 Å². The fourth-order valence-electron chi connectivity index (χ4n) is 1.97. The van der Waals surface area contributed by atoms with E-state index in [2.05, 4.69) is 16.0 Å². The number of carbonyl (C=O) groups excluding carboxylic acids is 3. The molecule has 0 saturated carbocycles. The maximum Gasteiger partial charge on any atom is 0.254 e. The molecular formula is C15H19N3O3. The number of para-hydroxylation sites is 1. The minimum absolute atomic E-state index is 0.324. The summed E-state index contributed by atoms with van der Waals surface area (Å²) in [6.45, 7) is 6.42. The number of hydrogen-bond donors (Lipinski definition) is 3. The fourth-order valence-corrected chi connectivity index (χ4v) is 1.97. The number of amides is 3. The zero-order valence-corrected chi connectivity index (χ0v) is 12.5. The topological polar surface area (TPSA) is 87.3 Å². The van der Waals surface area contributed by atoms with Crippen LogP contribution in [0.3, 0.4) is 0 Å². The first-order valence-corrected chi connectivity index (χ1v) is 6.69. The van der Waals surface area contributed by atoms with E-state index in [1.54, 1.807) is 52.0 Å². The third-order valence-corrected chi connectivity index (χ3v) is 3.41. The van der Waals surface area contributed by atoms with E-state index in [1.807, 2.05) is 0 Å². The summed E-state index contributed by atoms with van der Waals surface area (Å²) in [6, 6.07) is 6.69. The summed E-state index contributed by atoms with van der Waals surface area (Å²) < 4.78 is 0. The highest BCUT2D eigenvalue weighted by atomic mass is 16.2. The first kappa shape index (κ1) is 15.0. The zero-order valence-electron chi connectivity index (χ0n) is 12.5. The van der Waals surface area contributed by atoms with Crippen molar-refractivity contribution in [2.24, 2.45) is 0 Å². The fraction of sp³-hybridized carbons (Fsp3) is 0.400. The number of fused-ring (bicyclic) bond motifs is 1. The van der Waals surface area contributed by atoms with Crippen molar-refractivity contribution < 1.29 is 14.4 Å². The lowest BCUT2D eigenvalue weighted by Crippen LogP contribution is -2.62. The summed E-state index contributed by atoms with van der Waals surface area (Å²) in [6.07, 6.45) is 0. The van der Waals surface area contributed by atoms with Gasteiger partial charge in [-0.25, -0.2) is 0 Å². The maximum atomic E-state index is 12.3. The van der Waals surface area contributed by atoms with Gasteiger partial charge in [-0.15, -0.1) is 0 Å². The normalized spacial score (nSPS) is 20.7. The van der Waals surface area contributed by atoms with Crippen LogP contribution in [0, 0.1) is 0 Å². The average molecular weight is 289 g/mol. The van der Waals surface area contributed by atoms with Crippen LogP contribution >= 0.6 is 0 Å². The highest BCUT2D eigenvalue weighted by molar-refractivity contribution is 6.09. The minimum Gasteiger partial charge on any atom is -0.340 e. The van der Waals surface area contributed by atoms with E-state index in [1.165, 1.54) is 0 Å². The monoisotopic (exact) mass is 289 g/mol. The standard InChI is InChI=1S/C15H19N3O3/c1-14(2)12(20)16-10-8-6-5-7-9(10)11(19)17-15(3,4)13(21)18-14/h5-8H,1-4H3,(H,16,20)(H,17,19)(H,18,21). The molecule has 0 aliphatic carbocycles. The second-order valence-electron chi connectivity index (χ2n) is 6.16. The van der Waals surface area contributed by atoms with Gasteiger partial charge in [0.25, 0.3) is 5.91 Å². The van der Waals surface area contributed by atoms with Crippen molar-refractivity contribution in [3.05, 3.63) is 29.8 Å². The van der Waals surface area contributed by atoms with Crippen LogP contribution in [0.5, 0.6) is 0 Å². The Hall–Kier alpha value is -2.37. The molecule has 1 aliphatic rings. The lowest BCUT2D eigenvalue weighted by atomic mass is 9.97. The van der Waals surface area contributed by atoms with Crippen molar-refractivity contribution in [3.8, 4) is 0 Å². The maximum absolute atomic E-state index is 12.3. The van der Waals surface area contributed by atoms with E-state index >= 15 is 0 Å². The van der Waals surface area contributed by atoms with E-state index in [0.717, 1.165) is 0 Å². The van der Waals surface area contributed by atoms with Gasteiger partial charge >= 0.3 is 0 Å². The predicted octanol–water partition coefficient (Wildman–Crippen LogP) is 1.04. The quantitative estimate of drug-likeness (QED) is 0.667. The average Bonchev–Trinajstić information content (AvgIpc) is 2.37. The zero-order chi connectivity index (χ0) is 15.8. The van der Waals surface area contributed by atoms with Crippen molar-refractivity contribution in [1.82, 2.24) is 10.6 Å². The highest BCUT2D eigenvalue weighted by Crippen LogP contribution is 2.20. The van der Waals surface area contributed by atoms with Gasteiger partial charge in [-0.05, 0) is 39.8 Å². The van der Waals surface area contributed by atoms with Crippen LogP contribution in [-0.2, 0) is 9.59 Å². The number of benzene rings is 1. The number of rotatable bonds is 0. The van der Waals surface area contributed by atoms with Gasteiger partial charge in [0.1, 0.15) is 11.1 Å². The number of hydrogen-bond acceptors (Lipinski definition) is 3. The molecule has 0 aromatic heterocycles. The molecule has 0 radical (unpaired) electrons. The molecule has 1 aromatic rings. The first-order chi connectivity index (χ1) is 9.63. The second kappa shape index (κ2) is 4.87. The summed E-state index contributed by atoms with van der Waals surface area (Å²) in [5.41, 5.74) is -1.48. The molecular weight excluding hydrogens is 270 g/mol. The third kappa shape index (κ3) is 2.89. The van der Waals surface area contributed by atoms with Crippen molar-refractivity contribution in [2.75, 3.05) is 5.32 Å². The molecule has 0 atom stereocenters. The van der Waals surface area contributed by atoms with Gasteiger partial charge in [-0.2, -0.15) is 0 Å². The summed E-state index contributed by atoms with van der Waals surface area (Å²) in [4.78, 5) is 36.9. The Balaban J connectivity index is 2.54. The first-order valence-electron chi connectivity index (χ1n) is 6.69. The molecule has 6 nitrogen and oxygen atoms in total. The summed E-state index contributed by atoms with van der Waals surface area (Å²) in [5, 5.41) is 8.02. The summed E-state index contributed by atoms with van der Waals surface area (Å²) in [5.74, 6) is -1.21. The molecule has 3 N–H and O–H groups in total. The molecule has 6 heteroatoms. The summed E-state index contributed by atoms with van der Waals surface area (Å²) >= 11 is 0. The lowest BCUT2D eigenvalue weighted by Gasteiger charge is -2.33. The van der Waals surface area contributed by atoms with Gasteiger partial charge in [-0.3, -0.25) is 14.4 Å². The largest absolute Gasteiger partial charge is 0.340 e. The van der Waals surface area contributed by atoms with Crippen molar-refractivity contribution in [3.63, 3.8) is 0 Å².